The SMILES string of the molecule is O=C(CNC(=O)c1cnc2ccccc2c1)Nc1cccc2c1CCCC2. The lowest BCUT2D eigenvalue weighted by atomic mass is 9.90. The molecule has 0 spiro atoms. The molecule has 1 aromatic heterocycles. The Morgan fingerprint density at radius 2 is 1.85 bits per heavy atom. The Morgan fingerprint density at radius 3 is 2.78 bits per heavy atom. The fourth-order valence-corrected chi connectivity index (χ4v) is 3.55. The van der Waals surface area contributed by atoms with Gasteiger partial charge in [-0.05, 0) is 55.0 Å². The summed E-state index contributed by atoms with van der Waals surface area (Å²) in [6, 6.07) is 15.4. The minimum Gasteiger partial charge on any atom is -0.343 e. The predicted molar refractivity (Wildman–Crippen MR) is 106 cm³/mol. The van der Waals surface area contributed by atoms with Crippen LogP contribution in [0.3, 0.4) is 0 Å². The number of anilines is 1. The van der Waals surface area contributed by atoms with Crippen LogP contribution < -0.4 is 10.6 Å². The zero-order chi connectivity index (χ0) is 18.6. The topological polar surface area (TPSA) is 71.1 Å². The van der Waals surface area contributed by atoms with Gasteiger partial charge in [-0.1, -0.05) is 30.3 Å². The summed E-state index contributed by atoms with van der Waals surface area (Å²) in [4.78, 5) is 28.9. The molecule has 5 heteroatoms. The van der Waals surface area contributed by atoms with E-state index >= 15 is 0 Å². The molecule has 136 valence electrons. The molecule has 0 bridgehead atoms. The Balaban J connectivity index is 1.39. The lowest BCUT2D eigenvalue weighted by Crippen LogP contribution is -2.33. The number of aromatic nitrogens is 1. The summed E-state index contributed by atoms with van der Waals surface area (Å²) >= 11 is 0. The molecule has 1 heterocycles. The van der Waals surface area contributed by atoms with E-state index in [2.05, 4.69) is 21.7 Å². The van der Waals surface area contributed by atoms with Crippen LogP contribution in [0.5, 0.6) is 0 Å². The molecular weight excluding hydrogens is 338 g/mol. The molecule has 2 amide bonds. The van der Waals surface area contributed by atoms with Crippen LogP contribution in [-0.4, -0.2) is 23.3 Å². The molecular formula is C22H21N3O2. The first-order valence-electron chi connectivity index (χ1n) is 9.24. The van der Waals surface area contributed by atoms with Crippen molar-refractivity contribution in [3.8, 4) is 0 Å². The highest BCUT2D eigenvalue weighted by atomic mass is 16.2. The third-order valence-electron chi connectivity index (χ3n) is 4.93. The van der Waals surface area contributed by atoms with Crippen LogP contribution in [0.25, 0.3) is 10.9 Å². The van der Waals surface area contributed by atoms with Crippen molar-refractivity contribution < 1.29 is 9.59 Å². The van der Waals surface area contributed by atoms with Crippen molar-refractivity contribution >= 4 is 28.4 Å². The smallest absolute Gasteiger partial charge is 0.253 e. The number of carbonyl (C=O) groups is 2. The zero-order valence-electron chi connectivity index (χ0n) is 15.0. The van der Waals surface area contributed by atoms with Crippen molar-refractivity contribution in [2.45, 2.75) is 25.7 Å². The molecule has 4 rings (SSSR count). The average molecular weight is 359 g/mol. The minimum absolute atomic E-state index is 0.0741. The number of nitrogens with one attached hydrogen (secondary N) is 2. The van der Waals surface area contributed by atoms with Gasteiger partial charge in [-0.2, -0.15) is 0 Å². The highest BCUT2D eigenvalue weighted by molar-refractivity contribution is 6.01. The lowest BCUT2D eigenvalue weighted by Gasteiger charge is -2.19. The minimum atomic E-state index is -0.307. The zero-order valence-corrected chi connectivity index (χ0v) is 15.0. The predicted octanol–water partition coefficient (Wildman–Crippen LogP) is 3.48. The van der Waals surface area contributed by atoms with Crippen molar-refractivity contribution in [1.82, 2.24) is 10.3 Å². The normalized spacial score (nSPS) is 13.0. The largest absolute Gasteiger partial charge is 0.343 e. The van der Waals surface area contributed by atoms with Gasteiger partial charge < -0.3 is 10.6 Å². The number of para-hydroxylation sites is 1. The fourth-order valence-electron chi connectivity index (χ4n) is 3.55. The molecule has 1 aliphatic carbocycles. The summed E-state index contributed by atoms with van der Waals surface area (Å²) in [5.74, 6) is -0.533. The molecule has 0 unspecified atom stereocenters. The number of fused-ring (bicyclic) bond motifs is 2. The maximum absolute atomic E-state index is 12.3. The van der Waals surface area contributed by atoms with Crippen molar-refractivity contribution in [1.29, 1.82) is 0 Å². The summed E-state index contributed by atoms with van der Waals surface area (Å²) in [7, 11) is 0. The highest BCUT2D eigenvalue weighted by Crippen LogP contribution is 2.27. The van der Waals surface area contributed by atoms with Gasteiger partial charge in [0.1, 0.15) is 0 Å². The number of amides is 2. The average Bonchev–Trinajstić information content (AvgIpc) is 2.72. The molecule has 2 N–H and O–H groups in total. The fraction of sp³-hybridized carbons (Fsp3) is 0.227. The number of hydrogen-bond donors (Lipinski definition) is 2. The van der Waals surface area contributed by atoms with Gasteiger partial charge in [-0.15, -0.1) is 0 Å². The van der Waals surface area contributed by atoms with E-state index in [9.17, 15) is 9.59 Å². The van der Waals surface area contributed by atoms with Gasteiger partial charge in [0, 0.05) is 17.3 Å². The van der Waals surface area contributed by atoms with Crippen LogP contribution in [0, 0.1) is 0 Å². The molecule has 0 radical (unpaired) electrons. The molecule has 0 saturated carbocycles. The molecule has 0 fully saturated rings. The van der Waals surface area contributed by atoms with Crippen molar-refractivity contribution in [3.63, 3.8) is 0 Å². The van der Waals surface area contributed by atoms with E-state index in [-0.39, 0.29) is 18.4 Å². The highest BCUT2D eigenvalue weighted by Gasteiger charge is 2.15. The van der Waals surface area contributed by atoms with Gasteiger partial charge in [0.15, 0.2) is 0 Å². The van der Waals surface area contributed by atoms with E-state index in [4.69, 9.17) is 0 Å². The number of pyridine rings is 1. The summed E-state index contributed by atoms with van der Waals surface area (Å²) in [5, 5.41) is 6.50. The first-order valence-corrected chi connectivity index (χ1v) is 9.24. The first-order chi connectivity index (χ1) is 13.2. The molecule has 1 aliphatic rings. The van der Waals surface area contributed by atoms with Crippen LogP contribution in [0.2, 0.25) is 0 Å². The Labute approximate surface area is 157 Å². The van der Waals surface area contributed by atoms with Gasteiger partial charge in [0.2, 0.25) is 5.91 Å². The summed E-state index contributed by atoms with van der Waals surface area (Å²) < 4.78 is 0. The van der Waals surface area contributed by atoms with E-state index in [0.717, 1.165) is 35.9 Å². The van der Waals surface area contributed by atoms with Crippen LogP contribution in [-0.2, 0) is 17.6 Å². The van der Waals surface area contributed by atoms with Crippen LogP contribution in [0.15, 0.2) is 54.7 Å². The van der Waals surface area contributed by atoms with Crippen molar-refractivity contribution in [2.75, 3.05) is 11.9 Å². The number of hydrogen-bond acceptors (Lipinski definition) is 3. The maximum atomic E-state index is 12.3. The van der Waals surface area contributed by atoms with E-state index in [1.807, 2.05) is 36.4 Å². The van der Waals surface area contributed by atoms with Gasteiger partial charge in [-0.3, -0.25) is 14.6 Å². The van der Waals surface area contributed by atoms with E-state index in [1.54, 1.807) is 6.07 Å². The molecule has 0 saturated heterocycles. The van der Waals surface area contributed by atoms with Crippen molar-refractivity contribution in [3.05, 3.63) is 71.4 Å². The maximum Gasteiger partial charge on any atom is 0.253 e. The second-order valence-electron chi connectivity index (χ2n) is 6.80. The number of benzene rings is 2. The van der Waals surface area contributed by atoms with Gasteiger partial charge in [-0.25, -0.2) is 0 Å². The van der Waals surface area contributed by atoms with Gasteiger partial charge >= 0.3 is 0 Å². The van der Waals surface area contributed by atoms with E-state index < -0.39 is 0 Å². The van der Waals surface area contributed by atoms with E-state index in [0.29, 0.717) is 5.56 Å². The number of nitrogens with zero attached hydrogens (tertiary/aromatic N) is 1. The Morgan fingerprint density at radius 1 is 1.00 bits per heavy atom. The second-order valence-corrected chi connectivity index (χ2v) is 6.80. The summed E-state index contributed by atoms with van der Waals surface area (Å²) in [6.07, 6.45) is 5.92. The van der Waals surface area contributed by atoms with Gasteiger partial charge in [0.25, 0.3) is 5.91 Å². The Bertz CT molecular complexity index is 1010. The summed E-state index contributed by atoms with van der Waals surface area (Å²) in [6.45, 7) is -0.0741. The summed E-state index contributed by atoms with van der Waals surface area (Å²) in [5.41, 5.74) is 4.67. The third kappa shape index (κ3) is 3.82. The molecule has 0 aliphatic heterocycles. The van der Waals surface area contributed by atoms with Crippen LogP contribution >= 0.6 is 0 Å². The Hall–Kier alpha value is -3.21. The van der Waals surface area contributed by atoms with E-state index in [1.165, 1.54) is 23.7 Å². The van der Waals surface area contributed by atoms with Crippen molar-refractivity contribution in [2.24, 2.45) is 0 Å². The van der Waals surface area contributed by atoms with Crippen LogP contribution in [0.1, 0.15) is 34.3 Å². The number of rotatable bonds is 4. The lowest BCUT2D eigenvalue weighted by molar-refractivity contribution is -0.115. The first kappa shape index (κ1) is 17.2. The molecule has 0 atom stereocenters. The Kier molecular flexibility index (Phi) is 4.83. The monoisotopic (exact) mass is 359 g/mol. The second kappa shape index (κ2) is 7.58. The standard InChI is InChI=1S/C22H21N3O2/c26-21(25-20-11-5-8-15-6-1-3-9-18(15)20)14-24-22(27)17-12-16-7-2-4-10-19(16)23-13-17/h2,4-5,7-8,10-13H,1,3,6,9,14H2,(H,24,27)(H,25,26). The molecule has 27 heavy (non-hydrogen) atoms. The quantitative estimate of drug-likeness (QED) is 0.749. The third-order valence-corrected chi connectivity index (χ3v) is 4.93. The molecule has 5 nitrogen and oxygen atoms in total. The molecule has 3 aromatic rings. The number of carbonyl (C=O) groups excluding carboxylic acids is 2. The number of aryl methyl sites for hydroxylation is 1. The molecule has 2 aromatic carbocycles. The van der Waals surface area contributed by atoms with Crippen LogP contribution in [0.4, 0.5) is 5.69 Å². The van der Waals surface area contributed by atoms with Gasteiger partial charge in [0.05, 0.1) is 17.6 Å².